The van der Waals surface area contributed by atoms with Crippen LogP contribution in [0.1, 0.15) is 33.6 Å². The summed E-state index contributed by atoms with van der Waals surface area (Å²) in [5.74, 6) is -2.01. The van der Waals surface area contributed by atoms with Crippen molar-refractivity contribution in [2.45, 2.75) is 38.7 Å². The minimum absolute atomic E-state index is 0.0887. The fourth-order valence-electron chi connectivity index (χ4n) is 3.41. The number of carbonyl (C=O) groups excluding carboxylic acids is 2. The van der Waals surface area contributed by atoms with Crippen molar-refractivity contribution in [3.05, 3.63) is 72.5 Å². The number of hydrogen-bond donors (Lipinski definition) is 2. The maximum atomic E-state index is 12.3. The molecule has 2 rings (SSSR count). The number of benzene rings is 2. The van der Waals surface area contributed by atoms with Crippen LogP contribution in [0.15, 0.2) is 72.5 Å². The van der Waals surface area contributed by atoms with Gasteiger partial charge in [0.15, 0.2) is 5.78 Å². The second-order valence-electron chi connectivity index (χ2n) is 7.54. The summed E-state index contributed by atoms with van der Waals surface area (Å²) in [5, 5.41) is 10.8. The number of ether oxygens (including phenoxy) is 1. The summed E-state index contributed by atoms with van der Waals surface area (Å²) < 4.78 is 4.68. The average Bonchev–Trinajstić information content (AvgIpc) is 2.73. The van der Waals surface area contributed by atoms with Crippen molar-refractivity contribution < 1.29 is 24.2 Å². The van der Waals surface area contributed by atoms with Gasteiger partial charge in [0.1, 0.15) is 0 Å². The highest BCUT2D eigenvalue weighted by Crippen LogP contribution is 2.39. The van der Waals surface area contributed by atoms with Gasteiger partial charge >= 0.3 is 5.97 Å². The van der Waals surface area contributed by atoms with Crippen LogP contribution < -0.4 is 10.4 Å². The van der Waals surface area contributed by atoms with Crippen LogP contribution in [0.3, 0.4) is 0 Å². The number of allylic oxidation sites excluding steroid dienone is 1. The first-order valence-corrected chi connectivity index (χ1v) is 11.6. The predicted molar refractivity (Wildman–Crippen MR) is 116 cm³/mol. The summed E-state index contributed by atoms with van der Waals surface area (Å²) in [4.78, 5) is 35.8. The van der Waals surface area contributed by atoms with E-state index in [0.29, 0.717) is 6.42 Å². The Morgan fingerprint density at radius 2 is 1.48 bits per heavy atom. The largest absolute Gasteiger partial charge is 0.502 e. The molecule has 2 aromatic carbocycles. The van der Waals surface area contributed by atoms with Crippen molar-refractivity contribution in [2.75, 3.05) is 6.61 Å². The molecular weight excluding hydrogens is 384 g/mol. The first-order valence-electron chi connectivity index (χ1n) is 9.66. The van der Waals surface area contributed by atoms with E-state index in [0.717, 1.165) is 16.4 Å². The monoisotopic (exact) mass is 412 g/mol. The van der Waals surface area contributed by atoms with Crippen LogP contribution in [-0.4, -0.2) is 36.6 Å². The molecule has 0 spiro atoms. The van der Waals surface area contributed by atoms with Gasteiger partial charge in [-0.15, -0.1) is 0 Å². The molecule has 0 aliphatic heterocycles. The van der Waals surface area contributed by atoms with Gasteiger partial charge in [0, 0.05) is 12.5 Å². The third-order valence-corrected chi connectivity index (χ3v) is 9.69. The van der Waals surface area contributed by atoms with Crippen molar-refractivity contribution in [2.24, 2.45) is 0 Å². The maximum absolute atomic E-state index is 12.3. The van der Waals surface area contributed by atoms with Crippen LogP contribution in [-0.2, 0) is 14.3 Å². The molecule has 0 amide bonds. The number of aliphatic hydroxyl groups is 1. The zero-order valence-electron chi connectivity index (χ0n) is 17.1. The Hall–Kier alpha value is -2.70. The fourth-order valence-corrected chi connectivity index (χ4v) is 7.14. The van der Waals surface area contributed by atoms with E-state index in [2.05, 4.69) is 4.74 Å². The van der Waals surface area contributed by atoms with E-state index in [9.17, 15) is 19.5 Å². The average molecular weight is 413 g/mol. The van der Waals surface area contributed by atoms with E-state index in [1.807, 2.05) is 74.5 Å². The molecule has 0 aliphatic carbocycles. The molecule has 29 heavy (non-hydrogen) atoms. The molecule has 6 heteroatoms. The second-order valence-corrected chi connectivity index (χ2v) is 11.5. The van der Waals surface area contributed by atoms with E-state index in [-0.39, 0.29) is 18.8 Å². The van der Waals surface area contributed by atoms with Gasteiger partial charge in [-0.2, -0.15) is 0 Å². The van der Waals surface area contributed by atoms with Crippen molar-refractivity contribution in [3.8, 4) is 0 Å². The number of aliphatic hydroxyl groups excluding tert-OH is 1. The van der Waals surface area contributed by atoms with Gasteiger partial charge in [0.25, 0.3) is 8.32 Å². The van der Waals surface area contributed by atoms with Gasteiger partial charge in [-0.25, -0.2) is 4.79 Å². The molecule has 0 unspecified atom stereocenters. The molecule has 0 aromatic heterocycles. The molecule has 0 atom stereocenters. The first-order chi connectivity index (χ1) is 13.7. The third kappa shape index (κ3) is 5.22. The lowest BCUT2D eigenvalue weighted by Crippen LogP contribution is -2.65. The summed E-state index contributed by atoms with van der Waals surface area (Å²) >= 11 is 0. The Bertz CT molecular complexity index is 820. The van der Waals surface area contributed by atoms with Gasteiger partial charge in [-0.1, -0.05) is 74.5 Å². The summed E-state index contributed by atoms with van der Waals surface area (Å²) in [5.41, 5.74) is 0. The number of rotatable bonds is 9. The molecule has 0 heterocycles. The van der Waals surface area contributed by atoms with E-state index in [4.69, 9.17) is 0 Å². The van der Waals surface area contributed by atoms with Crippen LogP contribution in [0.5, 0.6) is 0 Å². The minimum Gasteiger partial charge on any atom is -0.502 e. The molecule has 0 bridgehead atoms. The van der Waals surface area contributed by atoms with Crippen LogP contribution >= 0.6 is 0 Å². The lowest BCUT2D eigenvalue weighted by molar-refractivity contribution is -0.141. The van der Waals surface area contributed by atoms with Crippen LogP contribution in [0.4, 0.5) is 0 Å². The van der Waals surface area contributed by atoms with E-state index in [1.54, 1.807) is 6.92 Å². The molecule has 154 valence electrons. The molecule has 2 N–H and O–H groups in total. The highest BCUT2D eigenvalue weighted by atomic mass is 28.4. The molecule has 5 nitrogen and oxygen atoms in total. The van der Waals surface area contributed by atoms with Gasteiger partial charge in [-0.3, -0.25) is 4.79 Å². The summed E-state index contributed by atoms with van der Waals surface area (Å²) in [6, 6.07) is 19.1. The zero-order valence-corrected chi connectivity index (χ0v) is 18.1. The Morgan fingerprint density at radius 1 is 1.00 bits per heavy atom. The normalized spacial score (nSPS) is 12.5. The molecule has 0 aliphatic rings. The highest BCUT2D eigenvalue weighted by Gasteiger charge is 2.49. The SMILES string of the molecule is CCOC(=O)C(O)=CC(=O)CCC(C)(C)[Si](O)(c1ccccc1)c1ccccc1. The van der Waals surface area contributed by atoms with Gasteiger partial charge in [0.05, 0.1) is 6.61 Å². The third-order valence-electron chi connectivity index (χ3n) is 5.14. The lowest BCUT2D eigenvalue weighted by Gasteiger charge is -2.41. The molecule has 2 aromatic rings. The van der Waals surface area contributed by atoms with Crippen molar-refractivity contribution in [1.29, 1.82) is 0 Å². The Kier molecular flexibility index (Phi) is 7.53. The second kappa shape index (κ2) is 9.67. The molecule has 0 fully saturated rings. The minimum atomic E-state index is -3.20. The molecule has 0 saturated carbocycles. The Balaban J connectivity index is 2.28. The van der Waals surface area contributed by atoms with Gasteiger partial charge < -0.3 is 14.6 Å². The number of hydrogen-bond acceptors (Lipinski definition) is 5. The van der Waals surface area contributed by atoms with Gasteiger partial charge in [-0.05, 0) is 28.8 Å². The fraction of sp³-hybridized carbons (Fsp3) is 0.304. The summed E-state index contributed by atoms with van der Waals surface area (Å²) in [6.45, 7) is 5.65. The van der Waals surface area contributed by atoms with Crippen molar-refractivity contribution in [3.63, 3.8) is 0 Å². The van der Waals surface area contributed by atoms with E-state index >= 15 is 0 Å². The Labute approximate surface area is 172 Å². The topological polar surface area (TPSA) is 83.8 Å². The van der Waals surface area contributed by atoms with E-state index < -0.39 is 25.1 Å². The lowest BCUT2D eigenvalue weighted by atomic mass is 10.0. The van der Waals surface area contributed by atoms with E-state index in [1.165, 1.54) is 0 Å². The molecular formula is C23H28O5Si. The van der Waals surface area contributed by atoms with Crippen molar-refractivity contribution in [1.82, 2.24) is 0 Å². The number of ketones is 1. The maximum Gasteiger partial charge on any atom is 0.373 e. The number of carbonyl (C=O) groups is 2. The van der Waals surface area contributed by atoms with Crippen LogP contribution in [0, 0.1) is 0 Å². The standard InChI is InChI=1S/C23H28O5Si/c1-4-28-22(26)21(25)17-18(24)15-16-23(2,3)29(27,19-11-7-5-8-12-19)20-13-9-6-10-14-20/h5-14,17,25,27H,4,15-16H2,1-3H3. The summed E-state index contributed by atoms with van der Waals surface area (Å²) in [7, 11) is -3.20. The van der Waals surface area contributed by atoms with Crippen LogP contribution in [0.2, 0.25) is 5.04 Å². The zero-order chi connectivity index (χ0) is 21.5. The van der Waals surface area contributed by atoms with Gasteiger partial charge in [0.2, 0.25) is 5.76 Å². The summed E-state index contributed by atoms with van der Waals surface area (Å²) in [6.07, 6.45) is 1.39. The number of esters is 1. The smallest absolute Gasteiger partial charge is 0.373 e. The van der Waals surface area contributed by atoms with Crippen LogP contribution in [0.25, 0.3) is 0 Å². The quantitative estimate of drug-likeness (QED) is 0.286. The van der Waals surface area contributed by atoms with Crippen molar-refractivity contribution >= 4 is 30.4 Å². The molecule has 0 radical (unpaired) electrons. The molecule has 0 saturated heterocycles. The first kappa shape index (κ1) is 22.6. The predicted octanol–water partition coefficient (Wildman–Crippen LogP) is 2.87. The Morgan fingerprint density at radius 3 is 1.93 bits per heavy atom. The highest BCUT2D eigenvalue weighted by molar-refractivity contribution is 6.98.